The molecule has 2 rings (SSSR count). The molecule has 1 aliphatic rings. The minimum absolute atomic E-state index is 0.000410. The SMILES string of the molecule is Cc1cc(S(=O)(=O)N2CCCC(C)(O)CC2)cc(N)c1F. The zero-order valence-corrected chi connectivity index (χ0v) is 13.1. The van der Waals surface area contributed by atoms with E-state index in [0.717, 1.165) is 6.07 Å². The van der Waals surface area contributed by atoms with Gasteiger partial charge in [0.2, 0.25) is 10.0 Å². The summed E-state index contributed by atoms with van der Waals surface area (Å²) in [5.41, 5.74) is 4.71. The van der Waals surface area contributed by atoms with Gasteiger partial charge < -0.3 is 10.8 Å². The molecule has 118 valence electrons. The Balaban J connectivity index is 2.34. The van der Waals surface area contributed by atoms with Crippen molar-refractivity contribution in [1.29, 1.82) is 0 Å². The molecule has 1 aromatic rings. The fourth-order valence-electron chi connectivity index (χ4n) is 2.54. The summed E-state index contributed by atoms with van der Waals surface area (Å²) in [6.45, 7) is 3.78. The Labute approximate surface area is 124 Å². The number of rotatable bonds is 2. The molecule has 0 saturated carbocycles. The van der Waals surface area contributed by atoms with Crippen LogP contribution in [-0.2, 0) is 10.0 Å². The molecule has 1 aromatic carbocycles. The number of nitrogen functional groups attached to an aromatic ring is 1. The summed E-state index contributed by atoms with van der Waals surface area (Å²) in [5, 5.41) is 10.0. The topological polar surface area (TPSA) is 83.6 Å². The molecule has 5 nitrogen and oxygen atoms in total. The third-order valence-corrected chi connectivity index (χ3v) is 5.79. The number of nitrogens with zero attached hydrogens (tertiary/aromatic N) is 1. The molecule has 0 radical (unpaired) electrons. The number of aliphatic hydroxyl groups is 1. The first-order valence-corrected chi connectivity index (χ1v) is 8.36. The van der Waals surface area contributed by atoms with Gasteiger partial charge in [-0.2, -0.15) is 4.31 Å². The van der Waals surface area contributed by atoms with Crippen molar-refractivity contribution < 1.29 is 17.9 Å². The Kier molecular flexibility index (Phi) is 4.28. The highest BCUT2D eigenvalue weighted by molar-refractivity contribution is 7.89. The quantitative estimate of drug-likeness (QED) is 0.813. The number of hydrogen-bond acceptors (Lipinski definition) is 4. The highest BCUT2D eigenvalue weighted by atomic mass is 32.2. The first kappa shape index (κ1) is 16.2. The molecule has 1 aliphatic heterocycles. The minimum Gasteiger partial charge on any atom is -0.396 e. The molecule has 21 heavy (non-hydrogen) atoms. The molecule has 0 spiro atoms. The lowest BCUT2D eigenvalue weighted by molar-refractivity contribution is 0.0465. The molecule has 1 atom stereocenters. The van der Waals surface area contributed by atoms with Crippen LogP contribution in [0.1, 0.15) is 31.7 Å². The van der Waals surface area contributed by atoms with E-state index in [1.54, 1.807) is 6.92 Å². The average molecular weight is 316 g/mol. The van der Waals surface area contributed by atoms with Gasteiger partial charge in [-0.05, 0) is 50.8 Å². The van der Waals surface area contributed by atoms with Gasteiger partial charge >= 0.3 is 0 Å². The van der Waals surface area contributed by atoms with Gasteiger partial charge in [-0.3, -0.25) is 0 Å². The Morgan fingerprint density at radius 1 is 1.33 bits per heavy atom. The molecule has 1 saturated heterocycles. The standard InChI is InChI=1S/C14H21FN2O3S/c1-10-8-11(9-12(16)13(10)15)21(19,20)17-6-3-4-14(2,18)5-7-17/h8-9,18H,3-7,16H2,1-2H3. The molecule has 3 N–H and O–H groups in total. The van der Waals surface area contributed by atoms with Crippen molar-refractivity contribution >= 4 is 15.7 Å². The summed E-state index contributed by atoms with van der Waals surface area (Å²) in [4.78, 5) is 0.000410. The number of halogens is 1. The monoisotopic (exact) mass is 316 g/mol. The second kappa shape index (κ2) is 5.55. The van der Waals surface area contributed by atoms with Gasteiger partial charge in [0.1, 0.15) is 5.82 Å². The molecule has 0 bridgehead atoms. The van der Waals surface area contributed by atoms with Gasteiger partial charge in [-0.15, -0.1) is 0 Å². The van der Waals surface area contributed by atoms with E-state index in [2.05, 4.69) is 0 Å². The van der Waals surface area contributed by atoms with E-state index in [1.165, 1.54) is 17.3 Å². The summed E-state index contributed by atoms with van der Waals surface area (Å²) in [6, 6.07) is 2.45. The van der Waals surface area contributed by atoms with Crippen LogP contribution in [0.15, 0.2) is 17.0 Å². The zero-order chi connectivity index (χ0) is 15.8. The molecule has 0 aromatic heterocycles. The summed E-state index contributed by atoms with van der Waals surface area (Å²) in [5.74, 6) is -0.590. The van der Waals surface area contributed by atoms with Gasteiger partial charge in [0.25, 0.3) is 0 Å². The molecule has 7 heteroatoms. The van der Waals surface area contributed by atoms with Crippen LogP contribution < -0.4 is 5.73 Å². The molecule has 1 heterocycles. The van der Waals surface area contributed by atoms with E-state index < -0.39 is 21.4 Å². The maximum atomic E-state index is 13.5. The molecule has 0 amide bonds. The van der Waals surface area contributed by atoms with Gasteiger partial charge in [-0.1, -0.05) is 0 Å². The predicted molar refractivity (Wildman–Crippen MR) is 78.8 cm³/mol. The second-order valence-electron chi connectivity index (χ2n) is 5.90. The highest BCUT2D eigenvalue weighted by Gasteiger charge is 2.32. The molecular weight excluding hydrogens is 295 g/mol. The molecule has 0 aliphatic carbocycles. The van der Waals surface area contributed by atoms with Crippen LogP contribution in [-0.4, -0.2) is 36.5 Å². The lowest BCUT2D eigenvalue weighted by atomic mass is 9.98. The number of sulfonamides is 1. The van der Waals surface area contributed by atoms with Crippen molar-refractivity contribution in [2.24, 2.45) is 0 Å². The summed E-state index contributed by atoms with van der Waals surface area (Å²) < 4.78 is 40.1. The van der Waals surface area contributed by atoms with Gasteiger partial charge in [0, 0.05) is 13.1 Å². The Morgan fingerprint density at radius 3 is 2.62 bits per heavy atom. The van der Waals surface area contributed by atoms with Crippen molar-refractivity contribution in [2.75, 3.05) is 18.8 Å². The van der Waals surface area contributed by atoms with E-state index in [4.69, 9.17) is 5.73 Å². The first-order valence-electron chi connectivity index (χ1n) is 6.92. The fourth-order valence-corrected chi connectivity index (χ4v) is 4.14. The summed E-state index contributed by atoms with van der Waals surface area (Å²) in [6.07, 6.45) is 1.52. The Hall–Kier alpha value is -1.18. The van der Waals surface area contributed by atoms with E-state index in [0.29, 0.717) is 25.8 Å². The van der Waals surface area contributed by atoms with Crippen LogP contribution in [0.5, 0.6) is 0 Å². The predicted octanol–water partition coefficient (Wildman–Crippen LogP) is 1.64. The minimum atomic E-state index is -3.72. The fraction of sp³-hybridized carbons (Fsp3) is 0.571. The smallest absolute Gasteiger partial charge is 0.243 e. The third-order valence-electron chi connectivity index (χ3n) is 3.92. The van der Waals surface area contributed by atoms with Crippen molar-refractivity contribution in [3.8, 4) is 0 Å². The van der Waals surface area contributed by atoms with Gasteiger partial charge in [0.15, 0.2) is 0 Å². The number of nitrogens with two attached hydrogens (primary N) is 1. The molecule has 1 fully saturated rings. The van der Waals surface area contributed by atoms with Crippen LogP contribution in [0.3, 0.4) is 0 Å². The summed E-state index contributed by atoms with van der Waals surface area (Å²) in [7, 11) is -3.72. The molecule has 1 unspecified atom stereocenters. The second-order valence-corrected chi connectivity index (χ2v) is 7.84. The van der Waals surface area contributed by atoms with Crippen LogP contribution in [0.25, 0.3) is 0 Å². The number of anilines is 1. The van der Waals surface area contributed by atoms with Crippen LogP contribution in [0, 0.1) is 12.7 Å². The maximum Gasteiger partial charge on any atom is 0.243 e. The number of hydrogen-bond donors (Lipinski definition) is 2. The van der Waals surface area contributed by atoms with Crippen molar-refractivity contribution in [2.45, 2.75) is 43.6 Å². The van der Waals surface area contributed by atoms with Gasteiger partial charge in [-0.25, -0.2) is 12.8 Å². The first-order chi connectivity index (χ1) is 9.63. The lowest BCUT2D eigenvalue weighted by Crippen LogP contribution is -2.33. The van der Waals surface area contributed by atoms with E-state index >= 15 is 0 Å². The normalized spacial score (nSPS) is 24.8. The third kappa shape index (κ3) is 3.36. The van der Waals surface area contributed by atoms with E-state index in [1.807, 2.05) is 0 Å². The van der Waals surface area contributed by atoms with Crippen LogP contribution in [0.4, 0.5) is 10.1 Å². The number of aryl methyl sites for hydroxylation is 1. The summed E-state index contributed by atoms with van der Waals surface area (Å²) >= 11 is 0. The van der Waals surface area contributed by atoms with Crippen molar-refractivity contribution in [1.82, 2.24) is 4.31 Å². The van der Waals surface area contributed by atoms with Gasteiger partial charge in [0.05, 0.1) is 16.2 Å². The van der Waals surface area contributed by atoms with E-state index in [-0.39, 0.29) is 22.7 Å². The van der Waals surface area contributed by atoms with Crippen LogP contribution >= 0.6 is 0 Å². The zero-order valence-electron chi connectivity index (χ0n) is 12.3. The van der Waals surface area contributed by atoms with Crippen molar-refractivity contribution in [3.05, 3.63) is 23.5 Å². The maximum absolute atomic E-state index is 13.5. The molecular formula is C14H21FN2O3S. The Bertz CT molecular complexity index is 621. The van der Waals surface area contributed by atoms with Crippen molar-refractivity contribution in [3.63, 3.8) is 0 Å². The largest absolute Gasteiger partial charge is 0.396 e. The lowest BCUT2D eigenvalue weighted by Gasteiger charge is -2.22. The number of benzene rings is 1. The Morgan fingerprint density at radius 2 is 2.00 bits per heavy atom. The highest BCUT2D eigenvalue weighted by Crippen LogP contribution is 2.28. The van der Waals surface area contributed by atoms with E-state index in [9.17, 15) is 17.9 Å². The van der Waals surface area contributed by atoms with Crippen LogP contribution in [0.2, 0.25) is 0 Å². The average Bonchev–Trinajstić information content (AvgIpc) is 2.56.